The topological polar surface area (TPSA) is 0 Å². The van der Waals surface area contributed by atoms with Crippen LogP contribution in [0, 0.1) is 0 Å². The SMILES string of the molecule is CSC1(SC)CC(SC)(SC)C1. The Hall–Kier alpha value is 1.40. The average molecular weight is 240 g/mol. The molecule has 0 amide bonds. The summed E-state index contributed by atoms with van der Waals surface area (Å²) < 4.78 is 1.07. The second-order valence-corrected chi connectivity index (χ2v) is 8.27. The Kier molecular flexibility index (Phi) is 4.09. The number of thioether (sulfide) groups is 4. The molecular formula is C8H16S4. The molecule has 1 saturated carbocycles. The van der Waals surface area contributed by atoms with Crippen LogP contribution in [0.25, 0.3) is 0 Å². The van der Waals surface area contributed by atoms with E-state index in [9.17, 15) is 0 Å². The molecule has 0 atom stereocenters. The zero-order valence-corrected chi connectivity index (χ0v) is 11.3. The maximum absolute atomic E-state index is 2.24. The van der Waals surface area contributed by atoms with Crippen molar-refractivity contribution in [2.45, 2.75) is 21.0 Å². The summed E-state index contributed by atoms with van der Waals surface area (Å²) >= 11 is 8.11. The molecule has 0 aromatic carbocycles. The van der Waals surface area contributed by atoms with Crippen molar-refractivity contribution >= 4 is 47.0 Å². The maximum Gasteiger partial charge on any atom is 0.0648 e. The number of hydrogen-bond acceptors (Lipinski definition) is 4. The molecule has 0 aromatic heterocycles. The molecule has 0 aliphatic heterocycles. The molecule has 1 fully saturated rings. The van der Waals surface area contributed by atoms with Crippen LogP contribution in [0.4, 0.5) is 0 Å². The second kappa shape index (κ2) is 4.28. The summed E-state index contributed by atoms with van der Waals surface area (Å²) in [4.78, 5) is 0. The lowest BCUT2D eigenvalue weighted by Gasteiger charge is -2.53. The predicted molar refractivity (Wildman–Crippen MR) is 68.8 cm³/mol. The molecule has 12 heavy (non-hydrogen) atoms. The van der Waals surface area contributed by atoms with Crippen molar-refractivity contribution in [1.29, 1.82) is 0 Å². The van der Waals surface area contributed by atoms with Gasteiger partial charge in [-0.15, -0.1) is 47.0 Å². The van der Waals surface area contributed by atoms with Gasteiger partial charge >= 0.3 is 0 Å². The molecule has 4 heteroatoms. The first-order valence-electron chi connectivity index (χ1n) is 3.86. The van der Waals surface area contributed by atoms with Crippen LogP contribution in [0.1, 0.15) is 12.8 Å². The summed E-state index contributed by atoms with van der Waals surface area (Å²) in [7, 11) is 0. The molecule has 1 aliphatic carbocycles. The average Bonchev–Trinajstić information content (AvgIpc) is 2.07. The van der Waals surface area contributed by atoms with E-state index in [1.54, 1.807) is 0 Å². The van der Waals surface area contributed by atoms with Crippen LogP contribution in [0.15, 0.2) is 0 Å². The molecular weight excluding hydrogens is 224 g/mol. The Morgan fingerprint density at radius 3 is 1.08 bits per heavy atom. The first-order chi connectivity index (χ1) is 5.66. The van der Waals surface area contributed by atoms with Gasteiger partial charge in [0.1, 0.15) is 0 Å². The quantitative estimate of drug-likeness (QED) is 0.688. The fraction of sp³-hybridized carbons (Fsp3) is 1.00. The Balaban J connectivity index is 2.52. The first kappa shape index (κ1) is 11.5. The smallest absolute Gasteiger partial charge is 0.0648 e. The van der Waals surface area contributed by atoms with Gasteiger partial charge in [-0.25, -0.2) is 0 Å². The van der Waals surface area contributed by atoms with Crippen molar-refractivity contribution in [1.82, 2.24) is 0 Å². The highest BCUT2D eigenvalue weighted by Crippen LogP contribution is 2.64. The van der Waals surface area contributed by atoms with Crippen LogP contribution >= 0.6 is 47.0 Å². The van der Waals surface area contributed by atoms with Gasteiger partial charge in [-0.2, -0.15) is 0 Å². The molecule has 1 rings (SSSR count). The fourth-order valence-electron chi connectivity index (χ4n) is 1.51. The normalized spacial score (nSPS) is 25.0. The minimum absolute atomic E-state index is 0.534. The Bertz CT molecular complexity index is 123. The highest BCUT2D eigenvalue weighted by Gasteiger charge is 2.53. The molecule has 0 N–H and O–H groups in total. The first-order valence-corrected chi connectivity index (χ1v) is 8.76. The highest BCUT2D eigenvalue weighted by molar-refractivity contribution is 8.20. The molecule has 72 valence electrons. The molecule has 0 aromatic rings. The fourth-order valence-corrected chi connectivity index (χ4v) is 6.70. The Morgan fingerprint density at radius 2 is 0.917 bits per heavy atom. The minimum Gasteiger partial charge on any atom is -0.147 e. The third kappa shape index (κ3) is 1.91. The lowest BCUT2D eigenvalue weighted by Crippen LogP contribution is -2.47. The van der Waals surface area contributed by atoms with Crippen molar-refractivity contribution in [3.63, 3.8) is 0 Å². The van der Waals surface area contributed by atoms with E-state index < -0.39 is 0 Å². The van der Waals surface area contributed by atoms with Crippen LogP contribution in [0.3, 0.4) is 0 Å². The third-order valence-corrected chi connectivity index (χ3v) is 8.70. The minimum atomic E-state index is 0.534. The van der Waals surface area contributed by atoms with Crippen molar-refractivity contribution in [2.75, 3.05) is 25.0 Å². The van der Waals surface area contributed by atoms with E-state index in [-0.39, 0.29) is 0 Å². The van der Waals surface area contributed by atoms with E-state index in [4.69, 9.17) is 0 Å². The van der Waals surface area contributed by atoms with Gasteiger partial charge in [0.25, 0.3) is 0 Å². The summed E-state index contributed by atoms with van der Waals surface area (Å²) in [6.07, 6.45) is 11.7. The van der Waals surface area contributed by atoms with Gasteiger partial charge < -0.3 is 0 Å². The molecule has 1 aliphatic rings. The van der Waals surface area contributed by atoms with E-state index in [0.717, 1.165) is 0 Å². The van der Waals surface area contributed by atoms with Gasteiger partial charge in [-0.1, -0.05) is 0 Å². The van der Waals surface area contributed by atoms with Gasteiger partial charge in [-0.3, -0.25) is 0 Å². The number of hydrogen-bond donors (Lipinski definition) is 0. The second-order valence-electron chi connectivity index (χ2n) is 2.99. The largest absolute Gasteiger partial charge is 0.147 e. The van der Waals surface area contributed by atoms with Crippen LogP contribution in [-0.2, 0) is 0 Å². The van der Waals surface area contributed by atoms with Gasteiger partial charge in [0.2, 0.25) is 0 Å². The molecule has 0 radical (unpaired) electrons. The van der Waals surface area contributed by atoms with Crippen LogP contribution < -0.4 is 0 Å². The van der Waals surface area contributed by atoms with Gasteiger partial charge in [0, 0.05) is 0 Å². The summed E-state index contributed by atoms with van der Waals surface area (Å²) in [5.41, 5.74) is 0. The van der Waals surface area contributed by atoms with Gasteiger partial charge in [0.05, 0.1) is 8.16 Å². The van der Waals surface area contributed by atoms with E-state index in [1.807, 2.05) is 47.0 Å². The lowest BCUT2D eigenvalue weighted by atomic mass is 9.97. The maximum atomic E-state index is 2.24. The lowest BCUT2D eigenvalue weighted by molar-refractivity contribution is 0.468. The molecule has 0 nitrogen and oxygen atoms in total. The molecule has 0 saturated heterocycles. The number of rotatable bonds is 4. The van der Waals surface area contributed by atoms with Gasteiger partial charge in [-0.05, 0) is 37.9 Å². The molecule has 0 spiro atoms. The Morgan fingerprint density at radius 1 is 0.667 bits per heavy atom. The standard InChI is InChI=1S/C8H16S4/c1-9-7(10-2)5-8(6-7,11-3)12-4/h5-6H2,1-4H3. The van der Waals surface area contributed by atoms with E-state index >= 15 is 0 Å². The van der Waals surface area contributed by atoms with Crippen molar-refractivity contribution in [3.05, 3.63) is 0 Å². The van der Waals surface area contributed by atoms with E-state index in [1.165, 1.54) is 12.8 Å². The molecule has 0 unspecified atom stereocenters. The van der Waals surface area contributed by atoms with Crippen molar-refractivity contribution in [3.8, 4) is 0 Å². The highest BCUT2D eigenvalue weighted by atomic mass is 32.2. The van der Waals surface area contributed by atoms with Crippen molar-refractivity contribution < 1.29 is 0 Å². The predicted octanol–water partition coefficient (Wildman–Crippen LogP) is 3.62. The van der Waals surface area contributed by atoms with E-state index in [0.29, 0.717) is 8.16 Å². The van der Waals surface area contributed by atoms with E-state index in [2.05, 4.69) is 25.0 Å². The van der Waals surface area contributed by atoms with Crippen LogP contribution in [-0.4, -0.2) is 33.2 Å². The van der Waals surface area contributed by atoms with Crippen molar-refractivity contribution in [2.24, 2.45) is 0 Å². The summed E-state index contributed by atoms with van der Waals surface area (Å²) in [5, 5.41) is 0. The molecule has 0 heterocycles. The van der Waals surface area contributed by atoms with Crippen LogP contribution in [0.5, 0.6) is 0 Å². The summed E-state index contributed by atoms with van der Waals surface area (Å²) in [5.74, 6) is 0. The Labute approximate surface area is 92.8 Å². The van der Waals surface area contributed by atoms with Gasteiger partial charge in [0.15, 0.2) is 0 Å². The summed E-state index contributed by atoms with van der Waals surface area (Å²) in [6.45, 7) is 0. The molecule has 0 bridgehead atoms. The van der Waals surface area contributed by atoms with Crippen LogP contribution in [0.2, 0.25) is 0 Å². The zero-order valence-electron chi connectivity index (χ0n) is 8.05. The monoisotopic (exact) mass is 240 g/mol. The zero-order chi connectivity index (χ0) is 9.24. The third-order valence-electron chi connectivity index (χ3n) is 2.57. The summed E-state index contributed by atoms with van der Waals surface area (Å²) in [6, 6.07) is 0.